The second-order valence-electron chi connectivity index (χ2n) is 5.11. The maximum Gasteiger partial charge on any atom is 0.251 e. The van der Waals surface area contributed by atoms with Crippen LogP contribution in [0.2, 0.25) is 5.15 Å². The van der Waals surface area contributed by atoms with Gasteiger partial charge in [0.1, 0.15) is 5.15 Å². The quantitative estimate of drug-likeness (QED) is 0.648. The molecule has 4 nitrogen and oxygen atoms in total. The fourth-order valence-electron chi connectivity index (χ4n) is 2.40. The second-order valence-corrected chi connectivity index (χ2v) is 5.49. The zero-order valence-corrected chi connectivity index (χ0v) is 12.4. The number of carbonyl (C=O) groups excluding carboxylic acids is 1. The third-order valence-electron chi connectivity index (χ3n) is 3.50. The van der Waals surface area contributed by atoms with Crippen LogP contribution in [0.25, 0.3) is 0 Å². The smallest absolute Gasteiger partial charge is 0.251 e. The van der Waals surface area contributed by atoms with Crippen molar-refractivity contribution in [2.75, 3.05) is 13.2 Å². The highest BCUT2D eigenvalue weighted by atomic mass is 35.5. The molecule has 1 aliphatic carbocycles. The van der Waals surface area contributed by atoms with Crippen molar-refractivity contribution in [3.63, 3.8) is 0 Å². The van der Waals surface area contributed by atoms with Gasteiger partial charge in [-0.05, 0) is 31.4 Å². The van der Waals surface area contributed by atoms with E-state index in [2.05, 4.69) is 10.3 Å². The Morgan fingerprint density at radius 3 is 2.95 bits per heavy atom. The molecule has 0 saturated heterocycles. The lowest BCUT2D eigenvalue weighted by molar-refractivity contribution is 0.0273. The fraction of sp³-hybridized carbons (Fsp3) is 0.600. The molecular weight excluding hydrogens is 276 g/mol. The number of pyridine rings is 1. The van der Waals surface area contributed by atoms with E-state index in [1.165, 1.54) is 38.3 Å². The molecule has 110 valence electrons. The van der Waals surface area contributed by atoms with Gasteiger partial charge in [-0.15, -0.1) is 0 Å². The van der Waals surface area contributed by atoms with Gasteiger partial charge in [0.05, 0.1) is 6.10 Å². The predicted molar refractivity (Wildman–Crippen MR) is 79.0 cm³/mol. The molecule has 1 aromatic rings. The van der Waals surface area contributed by atoms with Crippen molar-refractivity contribution in [3.8, 4) is 0 Å². The largest absolute Gasteiger partial charge is 0.378 e. The molecular formula is C15H21ClN2O2. The molecule has 1 aliphatic rings. The summed E-state index contributed by atoms with van der Waals surface area (Å²) >= 11 is 5.75. The number of aromatic nitrogens is 1. The van der Waals surface area contributed by atoms with Gasteiger partial charge in [-0.1, -0.05) is 30.9 Å². The number of amides is 1. The van der Waals surface area contributed by atoms with Crippen molar-refractivity contribution in [1.29, 1.82) is 0 Å². The molecule has 2 rings (SSSR count). The number of carbonyl (C=O) groups is 1. The molecule has 1 aromatic heterocycles. The fourth-order valence-corrected chi connectivity index (χ4v) is 2.58. The van der Waals surface area contributed by atoms with E-state index in [4.69, 9.17) is 16.3 Å². The lowest BCUT2D eigenvalue weighted by Crippen LogP contribution is -2.26. The first kappa shape index (κ1) is 15.3. The van der Waals surface area contributed by atoms with Gasteiger partial charge >= 0.3 is 0 Å². The van der Waals surface area contributed by atoms with Gasteiger partial charge in [0.2, 0.25) is 0 Å². The maximum atomic E-state index is 11.8. The number of rotatable bonds is 6. The van der Waals surface area contributed by atoms with Crippen molar-refractivity contribution >= 4 is 17.5 Å². The van der Waals surface area contributed by atoms with E-state index in [-0.39, 0.29) is 5.91 Å². The maximum absolute atomic E-state index is 11.8. The molecule has 1 N–H and O–H groups in total. The zero-order chi connectivity index (χ0) is 14.2. The van der Waals surface area contributed by atoms with Gasteiger partial charge in [-0.3, -0.25) is 4.79 Å². The van der Waals surface area contributed by atoms with Gasteiger partial charge in [-0.25, -0.2) is 4.98 Å². The Balaban J connectivity index is 1.59. The summed E-state index contributed by atoms with van der Waals surface area (Å²) in [7, 11) is 0. The molecule has 0 spiro atoms. The Hall–Kier alpha value is -1.13. The molecule has 0 aromatic carbocycles. The van der Waals surface area contributed by atoms with E-state index in [1.807, 2.05) is 0 Å². The van der Waals surface area contributed by atoms with E-state index < -0.39 is 0 Å². The molecule has 0 bridgehead atoms. The number of nitrogens with one attached hydrogen (secondary N) is 1. The SMILES string of the molecule is O=C(NCCCOC1CCCCC1)c1ccnc(Cl)c1. The van der Waals surface area contributed by atoms with Crippen molar-refractivity contribution < 1.29 is 9.53 Å². The summed E-state index contributed by atoms with van der Waals surface area (Å²) in [6.45, 7) is 1.33. The predicted octanol–water partition coefficient (Wildman–Crippen LogP) is 3.20. The van der Waals surface area contributed by atoms with Crippen molar-refractivity contribution in [1.82, 2.24) is 10.3 Å². The standard InChI is InChI=1S/C15H21ClN2O2/c16-14-11-12(7-9-17-14)15(19)18-8-4-10-20-13-5-2-1-3-6-13/h7,9,11,13H,1-6,8,10H2,(H,18,19). The molecule has 0 unspecified atom stereocenters. The molecule has 0 atom stereocenters. The second kappa shape index (κ2) is 8.22. The van der Waals surface area contributed by atoms with Crippen LogP contribution in [-0.2, 0) is 4.74 Å². The normalized spacial score (nSPS) is 16.1. The highest BCUT2D eigenvalue weighted by molar-refractivity contribution is 6.29. The van der Waals surface area contributed by atoms with E-state index in [0.717, 1.165) is 6.42 Å². The van der Waals surface area contributed by atoms with Gasteiger partial charge in [0, 0.05) is 24.9 Å². The Morgan fingerprint density at radius 1 is 1.40 bits per heavy atom. The van der Waals surface area contributed by atoms with Crippen LogP contribution in [0.4, 0.5) is 0 Å². The Bertz CT molecular complexity index is 434. The van der Waals surface area contributed by atoms with E-state index in [1.54, 1.807) is 12.1 Å². The van der Waals surface area contributed by atoms with Crippen LogP contribution in [0.1, 0.15) is 48.9 Å². The Labute approximate surface area is 124 Å². The summed E-state index contributed by atoms with van der Waals surface area (Å²) in [4.78, 5) is 15.7. The first-order valence-corrected chi connectivity index (χ1v) is 7.65. The minimum absolute atomic E-state index is 0.119. The van der Waals surface area contributed by atoms with Crippen LogP contribution in [0.3, 0.4) is 0 Å². The van der Waals surface area contributed by atoms with E-state index >= 15 is 0 Å². The Morgan fingerprint density at radius 2 is 2.20 bits per heavy atom. The molecule has 1 saturated carbocycles. The van der Waals surface area contributed by atoms with Crippen LogP contribution < -0.4 is 5.32 Å². The summed E-state index contributed by atoms with van der Waals surface area (Å²) in [5, 5.41) is 3.19. The van der Waals surface area contributed by atoms with Crippen LogP contribution in [0.15, 0.2) is 18.3 Å². The summed E-state index contributed by atoms with van der Waals surface area (Å²) in [6.07, 6.45) is 9.06. The van der Waals surface area contributed by atoms with E-state index in [0.29, 0.717) is 30.0 Å². The first-order valence-electron chi connectivity index (χ1n) is 7.27. The third-order valence-corrected chi connectivity index (χ3v) is 3.71. The van der Waals surface area contributed by atoms with Gasteiger partial charge < -0.3 is 10.1 Å². The number of nitrogens with zero attached hydrogens (tertiary/aromatic N) is 1. The topological polar surface area (TPSA) is 51.2 Å². The number of halogens is 1. The third kappa shape index (κ3) is 5.10. The number of hydrogen-bond acceptors (Lipinski definition) is 3. The number of ether oxygens (including phenoxy) is 1. The highest BCUT2D eigenvalue weighted by Crippen LogP contribution is 2.20. The van der Waals surface area contributed by atoms with Gasteiger partial charge in [0.15, 0.2) is 0 Å². The molecule has 0 radical (unpaired) electrons. The van der Waals surface area contributed by atoms with Gasteiger partial charge in [-0.2, -0.15) is 0 Å². The van der Waals surface area contributed by atoms with Crippen LogP contribution in [0.5, 0.6) is 0 Å². The minimum atomic E-state index is -0.119. The summed E-state index contributed by atoms with van der Waals surface area (Å²) in [5.74, 6) is -0.119. The lowest BCUT2D eigenvalue weighted by atomic mass is 9.98. The molecule has 0 aliphatic heterocycles. The highest BCUT2D eigenvalue weighted by Gasteiger charge is 2.13. The zero-order valence-electron chi connectivity index (χ0n) is 11.6. The summed E-state index contributed by atoms with van der Waals surface area (Å²) < 4.78 is 5.81. The van der Waals surface area contributed by atoms with Crippen molar-refractivity contribution in [2.24, 2.45) is 0 Å². The first-order chi connectivity index (χ1) is 9.75. The van der Waals surface area contributed by atoms with Crippen LogP contribution in [-0.4, -0.2) is 30.1 Å². The molecule has 1 heterocycles. The molecule has 1 fully saturated rings. The number of hydrogen-bond donors (Lipinski definition) is 1. The van der Waals surface area contributed by atoms with Crippen molar-refractivity contribution in [3.05, 3.63) is 29.0 Å². The minimum Gasteiger partial charge on any atom is -0.378 e. The van der Waals surface area contributed by atoms with Crippen LogP contribution in [0, 0.1) is 0 Å². The summed E-state index contributed by atoms with van der Waals surface area (Å²) in [5.41, 5.74) is 0.540. The van der Waals surface area contributed by atoms with Gasteiger partial charge in [0.25, 0.3) is 5.91 Å². The Kier molecular flexibility index (Phi) is 6.27. The molecule has 5 heteroatoms. The molecule has 1 amide bonds. The van der Waals surface area contributed by atoms with Crippen molar-refractivity contribution in [2.45, 2.75) is 44.6 Å². The average molecular weight is 297 g/mol. The lowest BCUT2D eigenvalue weighted by Gasteiger charge is -2.21. The van der Waals surface area contributed by atoms with E-state index in [9.17, 15) is 4.79 Å². The molecule has 20 heavy (non-hydrogen) atoms. The van der Waals surface area contributed by atoms with Crippen LogP contribution >= 0.6 is 11.6 Å². The monoisotopic (exact) mass is 296 g/mol. The summed E-state index contributed by atoms with van der Waals surface area (Å²) in [6, 6.07) is 3.22. The average Bonchev–Trinajstić information content (AvgIpc) is 2.48.